The van der Waals surface area contributed by atoms with Crippen LogP contribution in [0.15, 0.2) is 35.7 Å². The first-order valence-corrected chi connectivity index (χ1v) is 9.55. The van der Waals surface area contributed by atoms with Gasteiger partial charge in [-0.25, -0.2) is 4.98 Å². The molecule has 0 unspecified atom stereocenters. The standard InChI is InChI=1S/C19H19ClN4O2S/c1-11-7-16(17-10-27-13(3)21-17)12(2)24(11)9-18(25)22-23-19(26)14-5-4-6-15(20)8-14/h4-8,10H,9H2,1-3H3,(H,22,25)(H,23,26). The van der Waals surface area contributed by atoms with Gasteiger partial charge < -0.3 is 4.57 Å². The Morgan fingerprint density at radius 3 is 2.63 bits per heavy atom. The van der Waals surface area contributed by atoms with Gasteiger partial charge in [-0.3, -0.25) is 20.4 Å². The first kappa shape index (κ1) is 19.1. The number of rotatable bonds is 4. The summed E-state index contributed by atoms with van der Waals surface area (Å²) in [6.07, 6.45) is 0. The smallest absolute Gasteiger partial charge is 0.269 e. The second-order valence-electron chi connectivity index (χ2n) is 6.14. The van der Waals surface area contributed by atoms with Crippen molar-refractivity contribution in [1.82, 2.24) is 20.4 Å². The number of amides is 2. The number of carbonyl (C=O) groups is 2. The first-order valence-electron chi connectivity index (χ1n) is 8.29. The summed E-state index contributed by atoms with van der Waals surface area (Å²) in [5.41, 5.74) is 9.04. The summed E-state index contributed by atoms with van der Waals surface area (Å²) >= 11 is 7.46. The van der Waals surface area contributed by atoms with Gasteiger partial charge in [-0.2, -0.15) is 0 Å². The minimum Gasteiger partial charge on any atom is -0.339 e. The summed E-state index contributed by atoms with van der Waals surface area (Å²) in [5.74, 6) is -0.751. The molecule has 0 saturated carbocycles. The molecule has 0 bridgehead atoms. The highest BCUT2D eigenvalue weighted by Crippen LogP contribution is 2.27. The molecule has 1 aromatic carbocycles. The van der Waals surface area contributed by atoms with Crippen molar-refractivity contribution in [1.29, 1.82) is 0 Å². The fourth-order valence-electron chi connectivity index (χ4n) is 2.80. The monoisotopic (exact) mass is 402 g/mol. The van der Waals surface area contributed by atoms with Gasteiger partial charge in [-0.1, -0.05) is 17.7 Å². The van der Waals surface area contributed by atoms with Crippen LogP contribution in [0.1, 0.15) is 26.8 Å². The molecule has 0 saturated heterocycles. The zero-order chi connectivity index (χ0) is 19.6. The van der Waals surface area contributed by atoms with Gasteiger partial charge in [0.2, 0.25) is 0 Å². The Hall–Kier alpha value is -2.64. The van der Waals surface area contributed by atoms with Crippen molar-refractivity contribution < 1.29 is 9.59 Å². The Kier molecular flexibility index (Phi) is 5.62. The van der Waals surface area contributed by atoms with Crippen LogP contribution in [0.5, 0.6) is 0 Å². The maximum Gasteiger partial charge on any atom is 0.269 e. The number of thiazole rings is 1. The lowest BCUT2D eigenvalue weighted by Gasteiger charge is -2.11. The van der Waals surface area contributed by atoms with Crippen molar-refractivity contribution >= 4 is 34.8 Å². The van der Waals surface area contributed by atoms with Crippen LogP contribution in [0.25, 0.3) is 11.3 Å². The largest absolute Gasteiger partial charge is 0.339 e. The zero-order valence-corrected chi connectivity index (χ0v) is 16.7. The van der Waals surface area contributed by atoms with E-state index in [2.05, 4.69) is 15.8 Å². The molecule has 0 atom stereocenters. The molecular formula is C19H19ClN4O2S. The quantitative estimate of drug-likeness (QED) is 0.654. The lowest BCUT2D eigenvalue weighted by atomic mass is 10.2. The highest BCUT2D eigenvalue weighted by molar-refractivity contribution is 7.09. The number of hydrogen-bond donors (Lipinski definition) is 2. The average Bonchev–Trinajstić information content (AvgIpc) is 3.18. The number of benzene rings is 1. The van der Waals surface area contributed by atoms with Crippen LogP contribution in [-0.2, 0) is 11.3 Å². The van der Waals surface area contributed by atoms with E-state index in [0.29, 0.717) is 10.6 Å². The minimum atomic E-state index is -0.426. The summed E-state index contributed by atoms with van der Waals surface area (Å²) in [7, 11) is 0. The third-order valence-electron chi connectivity index (χ3n) is 4.17. The highest BCUT2D eigenvalue weighted by atomic mass is 35.5. The van der Waals surface area contributed by atoms with Crippen LogP contribution in [0.2, 0.25) is 5.02 Å². The van der Waals surface area contributed by atoms with E-state index in [4.69, 9.17) is 11.6 Å². The van der Waals surface area contributed by atoms with Gasteiger partial charge in [-0.05, 0) is 45.0 Å². The van der Waals surface area contributed by atoms with Gasteiger partial charge in [0.05, 0.1) is 10.7 Å². The molecule has 0 spiro atoms. The summed E-state index contributed by atoms with van der Waals surface area (Å²) in [6.45, 7) is 5.95. The molecule has 2 amide bonds. The van der Waals surface area contributed by atoms with Crippen LogP contribution in [0, 0.1) is 20.8 Å². The lowest BCUT2D eigenvalue weighted by Crippen LogP contribution is -2.43. The number of nitrogens with one attached hydrogen (secondary N) is 2. The molecule has 8 heteroatoms. The molecule has 2 heterocycles. The van der Waals surface area contributed by atoms with Gasteiger partial charge in [0, 0.05) is 32.9 Å². The van der Waals surface area contributed by atoms with Crippen molar-refractivity contribution in [3.63, 3.8) is 0 Å². The zero-order valence-electron chi connectivity index (χ0n) is 15.2. The summed E-state index contributed by atoms with van der Waals surface area (Å²) in [6, 6.07) is 8.52. The number of aromatic nitrogens is 2. The van der Waals surface area contributed by atoms with Crippen molar-refractivity contribution in [2.45, 2.75) is 27.3 Å². The number of halogens is 1. The Bertz CT molecular complexity index is 1010. The summed E-state index contributed by atoms with van der Waals surface area (Å²) in [4.78, 5) is 28.9. The third-order valence-corrected chi connectivity index (χ3v) is 5.18. The van der Waals surface area contributed by atoms with E-state index in [9.17, 15) is 9.59 Å². The van der Waals surface area contributed by atoms with Gasteiger partial charge in [0.25, 0.3) is 11.8 Å². The molecule has 0 radical (unpaired) electrons. The van der Waals surface area contributed by atoms with Gasteiger partial charge in [0.15, 0.2) is 0 Å². The molecule has 140 valence electrons. The maximum atomic E-state index is 12.3. The first-order chi connectivity index (χ1) is 12.8. The van der Waals surface area contributed by atoms with Crippen molar-refractivity contribution in [2.75, 3.05) is 0 Å². The summed E-state index contributed by atoms with van der Waals surface area (Å²) < 4.78 is 1.89. The predicted octanol–water partition coefficient (Wildman–Crippen LogP) is 3.65. The molecule has 0 aliphatic rings. The van der Waals surface area contributed by atoms with Crippen LogP contribution < -0.4 is 10.9 Å². The number of nitrogens with zero attached hydrogens (tertiary/aromatic N) is 2. The number of hydrazine groups is 1. The number of hydrogen-bond acceptors (Lipinski definition) is 4. The molecule has 0 fully saturated rings. The van der Waals surface area contributed by atoms with Crippen LogP contribution in [-0.4, -0.2) is 21.4 Å². The predicted molar refractivity (Wildman–Crippen MR) is 107 cm³/mol. The van der Waals surface area contributed by atoms with Crippen LogP contribution in [0.4, 0.5) is 0 Å². The van der Waals surface area contributed by atoms with E-state index >= 15 is 0 Å². The number of carbonyl (C=O) groups excluding carboxylic acids is 2. The minimum absolute atomic E-state index is 0.0939. The van der Waals surface area contributed by atoms with Crippen LogP contribution >= 0.6 is 22.9 Å². The van der Waals surface area contributed by atoms with E-state index in [1.54, 1.807) is 29.5 Å². The average molecular weight is 403 g/mol. The molecule has 3 aromatic rings. The molecule has 0 aliphatic heterocycles. The van der Waals surface area contributed by atoms with Gasteiger partial charge in [-0.15, -0.1) is 11.3 Å². The lowest BCUT2D eigenvalue weighted by molar-refractivity contribution is -0.122. The Morgan fingerprint density at radius 2 is 1.96 bits per heavy atom. The third kappa shape index (κ3) is 4.37. The van der Waals surface area contributed by atoms with Gasteiger partial charge in [0.1, 0.15) is 6.54 Å². The topological polar surface area (TPSA) is 76.0 Å². The maximum absolute atomic E-state index is 12.3. The van der Waals surface area contributed by atoms with E-state index in [1.807, 2.05) is 36.8 Å². The van der Waals surface area contributed by atoms with Crippen molar-refractivity contribution in [3.8, 4) is 11.3 Å². The van der Waals surface area contributed by atoms with Crippen LogP contribution in [0.3, 0.4) is 0 Å². The Labute approximate surface area is 166 Å². The van der Waals surface area contributed by atoms with E-state index in [0.717, 1.165) is 27.7 Å². The second kappa shape index (κ2) is 7.94. The molecule has 27 heavy (non-hydrogen) atoms. The SMILES string of the molecule is Cc1nc(-c2cc(C)n(CC(=O)NNC(=O)c3cccc(Cl)c3)c2C)cs1. The highest BCUT2D eigenvalue weighted by Gasteiger charge is 2.15. The van der Waals surface area contributed by atoms with Gasteiger partial charge >= 0.3 is 0 Å². The van der Waals surface area contributed by atoms with Crippen molar-refractivity contribution in [2.24, 2.45) is 0 Å². The molecule has 2 aromatic heterocycles. The molecular weight excluding hydrogens is 384 g/mol. The van der Waals surface area contributed by atoms with E-state index in [1.165, 1.54) is 6.07 Å². The van der Waals surface area contributed by atoms with E-state index in [-0.39, 0.29) is 12.5 Å². The van der Waals surface area contributed by atoms with Crippen molar-refractivity contribution in [3.05, 3.63) is 62.7 Å². The fraction of sp³-hybridized carbons (Fsp3) is 0.211. The molecule has 2 N–H and O–H groups in total. The molecule has 3 rings (SSSR count). The Morgan fingerprint density at radius 1 is 1.19 bits per heavy atom. The normalized spacial score (nSPS) is 10.7. The summed E-state index contributed by atoms with van der Waals surface area (Å²) in [5, 5.41) is 3.46. The molecule has 6 nitrogen and oxygen atoms in total. The Balaban J connectivity index is 1.66. The van der Waals surface area contributed by atoms with E-state index < -0.39 is 5.91 Å². The molecule has 0 aliphatic carbocycles. The fourth-order valence-corrected chi connectivity index (χ4v) is 3.61. The second-order valence-corrected chi connectivity index (χ2v) is 7.63. The number of aryl methyl sites for hydroxylation is 2.